The van der Waals surface area contributed by atoms with Crippen molar-refractivity contribution in [2.75, 3.05) is 0 Å². The van der Waals surface area contributed by atoms with E-state index < -0.39 is 0 Å². The number of aliphatic hydroxyl groups excluding tert-OH is 1. The second-order valence-corrected chi connectivity index (χ2v) is 3.98. The summed E-state index contributed by atoms with van der Waals surface area (Å²) < 4.78 is 5.62. The molecule has 0 spiro atoms. The van der Waals surface area contributed by atoms with Gasteiger partial charge in [0.05, 0.1) is 11.7 Å². The highest BCUT2D eigenvalue weighted by atomic mass is 16.5. The molecule has 0 unspecified atom stereocenters. The smallest absolute Gasteiger partial charge is 0.137 e. The molecule has 1 saturated carbocycles. The largest absolute Gasteiger partial charge is 0.489 e. The number of nitrogens with zero attached hydrogens (tertiary/aromatic N) is 1. The van der Waals surface area contributed by atoms with Gasteiger partial charge in [0.2, 0.25) is 0 Å². The van der Waals surface area contributed by atoms with Gasteiger partial charge in [-0.05, 0) is 24.6 Å². The van der Waals surface area contributed by atoms with Crippen molar-refractivity contribution < 1.29 is 9.84 Å². The summed E-state index contributed by atoms with van der Waals surface area (Å²) in [6.45, 7) is 1.94. The highest BCUT2D eigenvalue weighted by molar-refractivity contribution is 5.45. The Balaban J connectivity index is 2.11. The summed E-state index contributed by atoms with van der Waals surface area (Å²) in [5.74, 6) is 0.625. The van der Waals surface area contributed by atoms with E-state index in [4.69, 9.17) is 15.1 Å². The molecule has 0 heterocycles. The Labute approximate surface area is 88.9 Å². The zero-order valence-corrected chi connectivity index (χ0v) is 8.60. The molecule has 1 aromatic rings. The number of hydrogen-bond acceptors (Lipinski definition) is 3. The lowest BCUT2D eigenvalue weighted by molar-refractivity contribution is -0.0109. The third-order valence-electron chi connectivity index (χ3n) is 2.62. The number of ether oxygens (including phenoxy) is 1. The second-order valence-electron chi connectivity index (χ2n) is 3.98. The molecular formula is C12H13NO2. The van der Waals surface area contributed by atoms with Crippen LogP contribution in [0.3, 0.4) is 0 Å². The molecule has 2 rings (SSSR count). The van der Waals surface area contributed by atoms with Crippen LogP contribution in [-0.2, 0) is 0 Å². The van der Waals surface area contributed by atoms with Crippen LogP contribution in [0.25, 0.3) is 0 Å². The highest BCUT2D eigenvalue weighted by Crippen LogP contribution is 2.28. The fourth-order valence-electron chi connectivity index (χ4n) is 1.65. The van der Waals surface area contributed by atoms with Crippen molar-refractivity contribution >= 4 is 0 Å². The van der Waals surface area contributed by atoms with Crippen molar-refractivity contribution in [1.29, 1.82) is 5.26 Å². The number of aliphatic hydroxyl groups is 1. The van der Waals surface area contributed by atoms with Gasteiger partial charge in [0.1, 0.15) is 17.9 Å². The van der Waals surface area contributed by atoms with Crippen molar-refractivity contribution in [2.45, 2.75) is 32.0 Å². The minimum atomic E-state index is -0.231. The van der Waals surface area contributed by atoms with Gasteiger partial charge in [-0.15, -0.1) is 0 Å². The Bertz CT molecular complexity index is 403. The minimum Gasteiger partial charge on any atom is -0.489 e. The molecule has 0 atom stereocenters. The predicted molar refractivity (Wildman–Crippen MR) is 55.6 cm³/mol. The van der Waals surface area contributed by atoms with E-state index in [9.17, 15) is 0 Å². The molecule has 1 aromatic carbocycles. The monoisotopic (exact) mass is 203 g/mol. The van der Waals surface area contributed by atoms with Crippen molar-refractivity contribution in [3.8, 4) is 11.8 Å². The number of rotatable bonds is 2. The van der Waals surface area contributed by atoms with Gasteiger partial charge in [-0.1, -0.05) is 6.07 Å². The average molecular weight is 203 g/mol. The van der Waals surface area contributed by atoms with Gasteiger partial charge in [-0.3, -0.25) is 0 Å². The number of benzene rings is 1. The molecule has 78 valence electrons. The van der Waals surface area contributed by atoms with Crippen LogP contribution in [0.5, 0.6) is 5.75 Å². The molecule has 1 fully saturated rings. The average Bonchev–Trinajstić information content (AvgIpc) is 2.18. The summed E-state index contributed by atoms with van der Waals surface area (Å²) in [6, 6.07) is 7.66. The van der Waals surface area contributed by atoms with E-state index in [0.717, 1.165) is 5.56 Å². The summed E-state index contributed by atoms with van der Waals surface area (Å²) in [5.41, 5.74) is 1.61. The Morgan fingerprint density at radius 1 is 1.47 bits per heavy atom. The molecule has 0 aromatic heterocycles. The number of nitriles is 1. The molecule has 0 bridgehead atoms. The molecular weight excluding hydrogens is 190 g/mol. The molecule has 15 heavy (non-hydrogen) atoms. The Hall–Kier alpha value is -1.53. The summed E-state index contributed by atoms with van der Waals surface area (Å²) >= 11 is 0. The normalized spacial score (nSPS) is 24.1. The Morgan fingerprint density at radius 3 is 2.80 bits per heavy atom. The van der Waals surface area contributed by atoms with Crippen LogP contribution in [0.15, 0.2) is 18.2 Å². The van der Waals surface area contributed by atoms with Crippen molar-refractivity contribution in [3.05, 3.63) is 29.3 Å². The zero-order chi connectivity index (χ0) is 10.8. The zero-order valence-electron chi connectivity index (χ0n) is 8.60. The first-order valence-corrected chi connectivity index (χ1v) is 5.04. The Kier molecular flexibility index (Phi) is 2.61. The third-order valence-corrected chi connectivity index (χ3v) is 2.62. The third kappa shape index (κ3) is 2.11. The maximum atomic E-state index is 9.12. The molecule has 0 radical (unpaired) electrons. The topological polar surface area (TPSA) is 53.2 Å². The first-order chi connectivity index (χ1) is 7.19. The van der Waals surface area contributed by atoms with Gasteiger partial charge in [0.25, 0.3) is 0 Å². The lowest BCUT2D eigenvalue weighted by Crippen LogP contribution is -2.37. The van der Waals surface area contributed by atoms with Gasteiger partial charge < -0.3 is 9.84 Å². The molecule has 0 amide bonds. The number of hydrogen-bond donors (Lipinski definition) is 1. The summed E-state index contributed by atoms with van der Waals surface area (Å²) in [5, 5.41) is 18.0. The minimum absolute atomic E-state index is 0.0646. The summed E-state index contributed by atoms with van der Waals surface area (Å²) in [6.07, 6.45) is 1.16. The summed E-state index contributed by atoms with van der Waals surface area (Å²) in [4.78, 5) is 0. The van der Waals surface area contributed by atoms with E-state index in [-0.39, 0.29) is 12.2 Å². The molecule has 1 aliphatic rings. The molecule has 3 nitrogen and oxygen atoms in total. The van der Waals surface area contributed by atoms with Crippen molar-refractivity contribution in [1.82, 2.24) is 0 Å². The van der Waals surface area contributed by atoms with Gasteiger partial charge in [0.15, 0.2) is 0 Å². The van der Waals surface area contributed by atoms with Gasteiger partial charge in [-0.25, -0.2) is 0 Å². The van der Waals surface area contributed by atoms with Crippen LogP contribution >= 0.6 is 0 Å². The van der Waals surface area contributed by atoms with E-state index in [0.29, 0.717) is 24.2 Å². The van der Waals surface area contributed by atoms with Crippen LogP contribution in [0.2, 0.25) is 0 Å². The van der Waals surface area contributed by atoms with Gasteiger partial charge >= 0.3 is 0 Å². The van der Waals surface area contributed by atoms with Crippen LogP contribution < -0.4 is 4.74 Å². The van der Waals surface area contributed by atoms with Crippen LogP contribution in [0.4, 0.5) is 0 Å². The molecule has 0 saturated heterocycles. The van der Waals surface area contributed by atoms with E-state index in [2.05, 4.69) is 6.07 Å². The highest BCUT2D eigenvalue weighted by Gasteiger charge is 2.29. The van der Waals surface area contributed by atoms with Gasteiger partial charge in [-0.2, -0.15) is 5.26 Å². The summed E-state index contributed by atoms with van der Waals surface area (Å²) in [7, 11) is 0. The van der Waals surface area contributed by atoms with E-state index in [1.807, 2.05) is 25.1 Å². The van der Waals surface area contributed by atoms with Crippen LogP contribution in [-0.4, -0.2) is 17.3 Å². The fourth-order valence-corrected chi connectivity index (χ4v) is 1.65. The number of aryl methyl sites for hydroxylation is 1. The van der Waals surface area contributed by atoms with E-state index >= 15 is 0 Å². The second kappa shape index (κ2) is 3.92. The van der Waals surface area contributed by atoms with Crippen molar-refractivity contribution in [3.63, 3.8) is 0 Å². The van der Waals surface area contributed by atoms with E-state index in [1.165, 1.54) is 0 Å². The fraction of sp³-hybridized carbons (Fsp3) is 0.417. The predicted octanol–water partition coefficient (Wildman–Crippen LogP) is 1.77. The SMILES string of the molecule is Cc1ccc(OC2CC(O)C2)c(C#N)c1. The van der Waals surface area contributed by atoms with Crippen molar-refractivity contribution in [2.24, 2.45) is 0 Å². The molecule has 1 N–H and O–H groups in total. The van der Waals surface area contributed by atoms with Crippen LogP contribution in [0.1, 0.15) is 24.0 Å². The lowest BCUT2D eigenvalue weighted by atomic mass is 9.92. The Morgan fingerprint density at radius 2 is 2.20 bits per heavy atom. The molecule has 1 aliphatic carbocycles. The molecule has 0 aliphatic heterocycles. The lowest BCUT2D eigenvalue weighted by Gasteiger charge is -2.31. The first-order valence-electron chi connectivity index (χ1n) is 5.04. The van der Waals surface area contributed by atoms with Crippen LogP contribution in [0, 0.1) is 18.3 Å². The first kappa shape index (κ1) is 10.0. The quantitative estimate of drug-likeness (QED) is 0.797. The molecule has 3 heteroatoms. The maximum Gasteiger partial charge on any atom is 0.137 e. The maximum absolute atomic E-state index is 9.12. The van der Waals surface area contributed by atoms with E-state index in [1.54, 1.807) is 0 Å². The van der Waals surface area contributed by atoms with Gasteiger partial charge in [0, 0.05) is 12.8 Å². The standard InChI is InChI=1S/C12H13NO2/c1-8-2-3-12(9(4-8)7-13)15-11-5-10(14)6-11/h2-4,10-11,14H,5-6H2,1H3.